The van der Waals surface area contributed by atoms with Gasteiger partial charge in [-0.25, -0.2) is 0 Å². The molecule has 1 aromatic carbocycles. The second-order valence-corrected chi connectivity index (χ2v) is 5.16. The van der Waals surface area contributed by atoms with Gasteiger partial charge in [-0.3, -0.25) is 14.3 Å². The van der Waals surface area contributed by atoms with Gasteiger partial charge in [0.1, 0.15) is 5.56 Å². The molecule has 0 saturated heterocycles. The molecule has 0 bridgehead atoms. The molecule has 1 aromatic heterocycles. The highest BCUT2D eigenvalue weighted by atomic mass is 35.5. The molecule has 21 heavy (non-hydrogen) atoms. The smallest absolute Gasteiger partial charge is 0.262 e. The van der Waals surface area contributed by atoms with Gasteiger partial charge in [0.25, 0.3) is 5.56 Å². The number of H-pyrrole nitrogens is 1. The predicted molar refractivity (Wildman–Crippen MR) is 86.3 cm³/mol. The lowest BCUT2D eigenvalue weighted by atomic mass is 10.2. The highest BCUT2D eigenvalue weighted by Crippen LogP contribution is 2.22. The maximum atomic E-state index is 11.9. The number of aromatic nitrogens is 2. The molecule has 0 radical (unpaired) electrons. The predicted octanol–water partition coefficient (Wildman–Crippen LogP) is 3.31. The van der Waals surface area contributed by atoms with Gasteiger partial charge in [0.2, 0.25) is 5.88 Å². The van der Waals surface area contributed by atoms with Gasteiger partial charge in [-0.1, -0.05) is 11.6 Å². The van der Waals surface area contributed by atoms with E-state index in [1.165, 1.54) is 10.6 Å². The van der Waals surface area contributed by atoms with Gasteiger partial charge in [-0.05, 0) is 55.1 Å². The highest BCUT2D eigenvalue weighted by Gasteiger charge is 2.12. The van der Waals surface area contributed by atoms with Crippen LogP contribution in [0.5, 0.6) is 5.88 Å². The number of nitrogens with zero attached hydrogens (tertiary/aromatic N) is 1. The summed E-state index contributed by atoms with van der Waals surface area (Å²) < 4.78 is 1.40. The molecule has 3 N–H and O–H groups in total. The Hall–Kier alpha value is -2.18. The summed E-state index contributed by atoms with van der Waals surface area (Å²) in [4.78, 5) is 14.4. The van der Waals surface area contributed by atoms with Crippen molar-refractivity contribution in [3.63, 3.8) is 0 Å². The summed E-state index contributed by atoms with van der Waals surface area (Å²) in [7, 11) is 0. The minimum atomic E-state index is -0.510. The van der Waals surface area contributed by atoms with E-state index >= 15 is 0 Å². The quantitative estimate of drug-likeness (QED) is 0.599. The van der Waals surface area contributed by atoms with Gasteiger partial charge < -0.3 is 10.5 Å². The molecule has 0 amide bonds. The number of hydrogen-bond acceptors (Lipinski definition) is 4. The average Bonchev–Trinajstić information content (AvgIpc) is 2.45. The van der Waals surface area contributed by atoms with Crippen LogP contribution in [-0.4, -0.2) is 20.9 Å². The number of benzene rings is 1. The Balaban J connectivity index is 2.76. The summed E-state index contributed by atoms with van der Waals surface area (Å²) in [6.45, 7) is 1.65. The number of allylic oxidation sites excluding steroid dienone is 1. The molecule has 0 aliphatic carbocycles. The van der Waals surface area contributed by atoms with E-state index in [0.29, 0.717) is 16.3 Å². The second kappa shape index (κ2) is 6.07. The molecular weight excluding hydrogens is 310 g/mol. The van der Waals surface area contributed by atoms with Gasteiger partial charge in [-0.15, -0.1) is 0 Å². The first-order chi connectivity index (χ1) is 9.93. The normalized spacial score (nSPS) is 11.4. The van der Waals surface area contributed by atoms with Crippen LogP contribution in [0.15, 0.2) is 34.6 Å². The van der Waals surface area contributed by atoms with E-state index in [1.54, 1.807) is 31.2 Å². The van der Waals surface area contributed by atoms with Gasteiger partial charge in [0, 0.05) is 11.2 Å². The van der Waals surface area contributed by atoms with Gasteiger partial charge in [-0.2, -0.15) is 0 Å². The first-order valence-corrected chi connectivity index (χ1v) is 6.75. The van der Waals surface area contributed by atoms with Crippen LogP contribution in [0.1, 0.15) is 12.5 Å². The molecule has 0 unspecified atom stereocenters. The molecule has 0 spiro atoms. The van der Waals surface area contributed by atoms with Crippen molar-refractivity contribution in [2.45, 2.75) is 6.92 Å². The lowest BCUT2D eigenvalue weighted by molar-refractivity contribution is 0.432. The van der Waals surface area contributed by atoms with Crippen LogP contribution in [0.25, 0.3) is 11.8 Å². The Morgan fingerprint density at radius 3 is 2.62 bits per heavy atom. The van der Waals surface area contributed by atoms with E-state index in [1.807, 2.05) is 0 Å². The zero-order valence-corrected chi connectivity index (χ0v) is 12.6. The van der Waals surface area contributed by atoms with Crippen LogP contribution < -0.4 is 5.56 Å². The molecule has 0 aliphatic heterocycles. The van der Waals surface area contributed by atoms with Crippen LogP contribution >= 0.6 is 23.8 Å². The van der Waals surface area contributed by atoms with Crippen molar-refractivity contribution in [1.82, 2.24) is 9.55 Å². The van der Waals surface area contributed by atoms with E-state index in [-0.39, 0.29) is 16.2 Å². The molecule has 0 aliphatic rings. The fourth-order valence-electron chi connectivity index (χ4n) is 1.77. The topological polar surface area (TPSA) is 81.9 Å². The monoisotopic (exact) mass is 321 g/mol. The van der Waals surface area contributed by atoms with E-state index in [0.717, 1.165) is 6.21 Å². The summed E-state index contributed by atoms with van der Waals surface area (Å²) in [6.07, 6.45) is 2.51. The number of nitrogens with one attached hydrogen (secondary N) is 2. The zero-order valence-electron chi connectivity index (χ0n) is 11.1. The summed E-state index contributed by atoms with van der Waals surface area (Å²) in [5.41, 5.74) is 0.624. The zero-order chi connectivity index (χ0) is 15.6. The summed E-state index contributed by atoms with van der Waals surface area (Å²) in [6, 6.07) is 6.66. The maximum absolute atomic E-state index is 11.9. The van der Waals surface area contributed by atoms with Crippen molar-refractivity contribution in [2.75, 3.05) is 0 Å². The van der Waals surface area contributed by atoms with Crippen molar-refractivity contribution in [3.05, 3.63) is 55.5 Å². The van der Waals surface area contributed by atoms with Crippen LogP contribution in [0, 0.1) is 10.2 Å². The van der Waals surface area contributed by atoms with Gasteiger partial charge in [0.05, 0.1) is 5.69 Å². The van der Waals surface area contributed by atoms with E-state index in [4.69, 9.17) is 29.2 Å². The molecule has 5 nitrogen and oxygen atoms in total. The summed E-state index contributed by atoms with van der Waals surface area (Å²) in [5, 5.41) is 18.0. The highest BCUT2D eigenvalue weighted by molar-refractivity contribution is 7.71. The molecule has 7 heteroatoms. The Kier molecular flexibility index (Phi) is 4.40. The molecule has 1 heterocycles. The third-order valence-electron chi connectivity index (χ3n) is 2.81. The standard InChI is InChI=1S/C14H12ClN3O2S/c1-8(7-16)6-11-12(19)17-14(21)18(13(11)20)10-4-2-9(15)3-5-10/h2-7,16,20H,1H3,(H,17,19,21). The molecular formula is C14H12ClN3O2S. The lowest BCUT2D eigenvalue weighted by Gasteiger charge is -2.11. The average molecular weight is 322 g/mol. The first-order valence-electron chi connectivity index (χ1n) is 5.97. The number of rotatable bonds is 3. The largest absolute Gasteiger partial charge is 0.494 e. The van der Waals surface area contributed by atoms with Crippen LogP contribution in [-0.2, 0) is 0 Å². The minimum Gasteiger partial charge on any atom is -0.494 e. The fraction of sp³-hybridized carbons (Fsp3) is 0.0714. The first kappa shape index (κ1) is 15.2. The van der Waals surface area contributed by atoms with E-state index in [2.05, 4.69) is 4.98 Å². The van der Waals surface area contributed by atoms with E-state index in [9.17, 15) is 9.90 Å². The van der Waals surface area contributed by atoms with E-state index < -0.39 is 5.56 Å². The summed E-state index contributed by atoms with van der Waals surface area (Å²) in [5.74, 6) is -0.285. The van der Waals surface area contributed by atoms with Crippen molar-refractivity contribution >= 4 is 36.1 Å². The van der Waals surface area contributed by atoms with Crippen molar-refractivity contribution < 1.29 is 5.11 Å². The summed E-state index contributed by atoms with van der Waals surface area (Å²) >= 11 is 10.9. The SMILES string of the molecule is CC(C=N)=Cc1c(O)n(-c2ccc(Cl)cc2)c(=S)[nH]c1=O. The molecule has 2 aromatic rings. The molecule has 0 saturated carbocycles. The van der Waals surface area contributed by atoms with Crippen LogP contribution in [0.3, 0.4) is 0 Å². The molecule has 0 atom stereocenters. The van der Waals surface area contributed by atoms with Crippen molar-refractivity contribution in [2.24, 2.45) is 0 Å². The molecule has 0 fully saturated rings. The van der Waals surface area contributed by atoms with Crippen LogP contribution in [0.4, 0.5) is 0 Å². The van der Waals surface area contributed by atoms with Gasteiger partial charge in [0.15, 0.2) is 4.77 Å². The second-order valence-electron chi connectivity index (χ2n) is 4.34. The number of halogens is 1. The Morgan fingerprint density at radius 1 is 1.43 bits per heavy atom. The third kappa shape index (κ3) is 3.12. The van der Waals surface area contributed by atoms with Crippen molar-refractivity contribution in [1.29, 1.82) is 5.41 Å². The Morgan fingerprint density at radius 2 is 2.05 bits per heavy atom. The fourth-order valence-corrected chi connectivity index (χ4v) is 2.18. The molecule has 108 valence electrons. The maximum Gasteiger partial charge on any atom is 0.262 e. The number of aromatic amines is 1. The minimum absolute atomic E-state index is 0.0413. The Bertz CT molecular complexity index is 835. The lowest BCUT2D eigenvalue weighted by Crippen LogP contribution is -2.16. The molecule has 2 rings (SSSR count). The Labute approximate surface area is 130 Å². The third-order valence-corrected chi connectivity index (χ3v) is 3.34. The van der Waals surface area contributed by atoms with Crippen LogP contribution in [0.2, 0.25) is 5.02 Å². The van der Waals surface area contributed by atoms with Crippen molar-refractivity contribution in [3.8, 4) is 11.6 Å². The number of hydrogen-bond donors (Lipinski definition) is 3. The number of aromatic hydroxyl groups is 1. The van der Waals surface area contributed by atoms with Gasteiger partial charge >= 0.3 is 0 Å².